The summed E-state index contributed by atoms with van der Waals surface area (Å²) in [6.45, 7) is 0. The normalized spacial score (nSPS) is 9.71. The minimum absolute atomic E-state index is 0.233. The first-order valence-corrected chi connectivity index (χ1v) is 5.23. The lowest BCUT2D eigenvalue weighted by molar-refractivity contribution is 0.262. The second kappa shape index (κ2) is 5.27. The monoisotopic (exact) mass is 248 g/mol. The molecule has 0 aliphatic heterocycles. The van der Waals surface area contributed by atoms with E-state index in [1.165, 1.54) is 12.4 Å². The number of anilines is 2. The van der Waals surface area contributed by atoms with Crippen molar-refractivity contribution in [2.45, 2.75) is 0 Å². The van der Waals surface area contributed by atoms with Gasteiger partial charge in [0.15, 0.2) is 0 Å². The van der Waals surface area contributed by atoms with Crippen molar-refractivity contribution in [3.05, 3.63) is 47.7 Å². The van der Waals surface area contributed by atoms with Gasteiger partial charge in [0.2, 0.25) is 5.95 Å². The predicted octanol–water partition coefficient (Wildman–Crippen LogP) is 2.77. The summed E-state index contributed by atoms with van der Waals surface area (Å²) in [5.41, 5.74) is 0.530. The Morgan fingerprint density at radius 3 is 2.47 bits per heavy atom. The van der Waals surface area contributed by atoms with Crippen LogP contribution in [0.4, 0.5) is 16.4 Å². The van der Waals surface area contributed by atoms with Crippen LogP contribution >= 0.6 is 11.6 Å². The maximum atomic E-state index is 11.6. The van der Waals surface area contributed by atoms with Gasteiger partial charge in [-0.25, -0.2) is 14.8 Å². The molecule has 86 valence electrons. The number of halogens is 1. The quantitative estimate of drug-likeness (QED) is 0.859. The molecule has 1 heterocycles. The van der Waals surface area contributed by atoms with E-state index >= 15 is 0 Å². The number of carbonyl (C=O) groups is 1. The highest BCUT2D eigenvalue weighted by Gasteiger charge is 2.05. The number of hydrogen-bond donors (Lipinski definition) is 2. The average molecular weight is 249 g/mol. The number of benzene rings is 1. The van der Waals surface area contributed by atoms with E-state index in [0.717, 1.165) is 0 Å². The third-order valence-corrected chi connectivity index (χ3v) is 2.24. The van der Waals surface area contributed by atoms with Crippen molar-refractivity contribution in [2.75, 3.05) is 10.6 Å². The molecular weight excluding hydrogens is 240 g/mol. The van der Waals surface area contributed by atoms with Crippen molar-refractivity contribution in [3.8, 4) is 0 Å². The van der Waals surface area contributed by atoms with Crippen LogP contribution < -0.4 is 10.6 Å². The molecule has 0 aliphatic rings. The molecule has 2 N–H and O–H groups in total. The fourth-order valence-electron chi connectivity index (χ4n) is 1.18. The molecule has 0 saturated carbocycles. The summed E-state index contributed by atoms with van der Waals surface area (Å²) < 4.78 is 0. The van der Waals surface area contributed by atoms with Gasteiger partial charge < -0.3 is 5.32 Å². The predicted molar refractivity (Wildman–Crippen MR) is 66.1 cm³/mol. The number of carbonyl (C=O) groups excluding carboxylic acids is 1. The number of hydrogen-bond acceptors (Lipinski definition) is 3. The van der Waals surface area contributed by atoms with Crippen LogP contribution in [-0.2, 0) is 0 Å². The number of para-hydroxylation sites is 1. The lowest BCUT2D eigenvalue weighted by atomic mass is 10.3. The molecule has 6 heteroatoms. The zero-order valence-corrected chi connectivity index (χ0v) is 9.48. The molecule has 0 spiro atoms. The van der Waals surface area contributed by atoms with Crippen molar-refractivity contribution < 1.29 is 4.79 Å². The van der Waals surface area contributed by atoms with Crippen LogP contribution in [0.25, 0.3) is 0 Å². The molecule has 2 amide bonds. The largest absolute Gasteiger partial charge is 0.326 e. The lowest BCUT2D eigenvalue weighted by Crippen LogP contribution is -2.20. The first-order chi connectivity index (χ1) is 8.25. The summed E-state index contributed by atoms with van der Waals surface area (Å²) in [6, 6.07) is 8.18. The number of rotatable bonds is 2. The lowest BCUT2D eigenvalue weighted by Gasteiger charge is -2.07. The average Bonchev–Trinajstić information content (AvgIpc) is 2.33. The van der Waals surface area contributed by atoms with Gasteiger partial charge in [0.25, 0.3) is 0 Å². The maximum absolute atomic E-state index is 11.6. The minimum atomic E-state index is -0.440. The highest BCUT2D eigenvalue weighted by molar-refractivity contribution is 6.33. The maximum Gasteiger partial charge on any atom is 0.326 e. The van der Waals surface area contributed by atoms with Crippen LogP contribution in [0.5, 0.6) is 0 Å². The van der Waals surface area contributed by atoms with Crippen molar-refractivity contribution >= 4 is 29.3 Å². The fraction of sp³-hybridized carbons (Fsp3) is 0. The smallest absolute Gasteiger partial charge is 0.306 e. The van der Waals surface area contributed by atoms with E-state index in [1.54, 1.807) is 30.3 Å². The van der Waals surface area contributed by atoms with E-state index in [4.69, 9.17) is 11.6 Å². The van der Waals surface area contributed by atoms with Crippen LogP contribution in [0, 0.1) is 0 Å². The molecule has 17 heavy (non-hydrogen) atoms. The van der Waals surface area contributed by atoms with Crippen LogP contribution in [0.3, 0.4) is 0 Å². The Balaban J connectivity index is 2.01. The highest BCUT2D eigenvalue weighted by Crippen LogP contribution is 2.20. The topological polar surface area (TPSA) is 66.9 Å². The Labute approximate surface area is 103 Å². The molecule has 0 aliphatic carbocycles. The van der Waals surface area contributed by atoms with Crippen molar-refractivity contribution in [3.63, 3.8) is 0 Å². The van der Waals surface area contributed by atoms with Gasteiger partial charge in [0, 0.05) is 12.4 Å². The van der Waals surface area contributed by atoms with Crippen LogP contribution in [-0.4, -0.2) is 16.0 Å². The van der Waals surface area contributed by atoms with E-state index in [9.17, 15) is 4.79 Å². The second-order valence-electron chi connectivity index (χ2n) is 3.13. The zero-order valence-electron chi connectivity index (χ0n) is 8.72. The molecule has 0 fully saturated rings. The summed E-state index contributed by atoms with van der Waals surface area (Å²) in [7, 11) is 0. The van der Waals surface area contributed by atoms with E-state index in [2.05, 4.69) is 20.6 Å². The van der Waals surface area contributed by atoms with E-state index in [1.807, 2.05) is 0 Å². The first-order valence-electron chi connectivity index (χ1n) is 4.85. The SMILES string of the molecule is O=C(Nc1ncccn1)Nc1ccccc1Cl. The van der Waals surface area contributed by atoms with Crippen LogP contribution in [0.1, 0.15) is 0 Å². The van der Waals surface area contributed by atoms with Gasteiger partial charge in [0.1, 0.15) is 0 Å². The second-order valence-corrected chi connectivity index (χ2v) is 3.54. The summed E-state index contributed by atoms with van der Waals surface area (Å²) >= 11 is 5.90. The third kappa shape index (κ3) is 3.15. The molecular formula is C11H9ClN4O. The number of nitrogens with zero attached hydrogens (tertiary/aromatic N) is 2. The third-order valence-electron chi connectivity index (χ3n) is 1.91. The molecule has 5 nitrogen and oxygen atoms in total. The fourth-order valence-corrected chi connectivity index (χ4v) is 1.36. The van der Waals surface area contributed by atoms with Gasteiger partial charge in [-0.2, -0.15) is 0 Å². The van der Waals surface area contributed by atoms with E-state index in [0.29, 0.717) is 10.7 Å². The summed E-state index contributed by atoms with van der Waals surface area (Å²) in [5, 5.41) is 5.55. The van der Waals surface area contributed by atoms with Crippen molar-refractivity contribution in [1.29, 1.82) is 0 Å². The van der Waals surface area contributed by atoms with Gasteiger partial charge in [-0.15, -0.1) is 0 Å². The standard InChI is InChI=1S/C11H9ClN4O/c12-8-4-1-2-5-9(8)15-11(17)16-10-13-6-3-7-14-10/h1-7H,(H2,13,14,15,16,17). The van der Waals surface area contributed by atoms with Crippen LogP contribution in [0.2, 0.25) is 5.02 Å². The molecule has 0 atom stereocenters. The van der Waals surface area contributed by atoms with Gasteiger partial charge in [-0.05, 0) is 18.2 Å². The highest BCUT2D eigenvalue weighted by atomic mass is 35.5. The molecule has 1 aromatic heterocycles. The Morgan fingerprint density at radius 2 is 1.76 bits per heavy atom. The summed E-state index contributed by atoms with van der Waals surface area (Å²) in [6.07, 6.45) is 3.08. The van der Waals surface area contributed by atoms with E-state index in [-0.39, 0.29) is 5.95 Å². The van der Waals surface area contributed by atoms with Gasteiger partial charge in [0.05, 0.1) is 10.7 Å². The minimum Gasteiger partial charge on any atom is -0.306 e. The molecule has 2 aromatic rings. The first kappa shape index (κ1) is 11.3. The number of amides is 2. The molecule has 2 rings (SSSR count). The van der Waals surface area contributed by atoms with Gasteiger partial charge >= 0.3 is 6.03 Å². The molecule has 0 unspecified atom stereocenters. The van der Waals surface area contributed by atoms with Crippen molar-refractivity contribution in [2.24, 2.45) is 0 Å². The Kier molecular flexibility index (Phi) is 3.52. The Bertz CT molecular complexity index is 518. The van der Waals surface area contributed by atoms with Crippen molar-refractivity contribution in [1.82, 2.24) is 9.97 Å². The zero-order chi connectivity index (χ0) is 12.1. The van der Waals surface area contributed by atoms with Gasteiger partial charge in [-0.3, -0.25) is 5.32 Å². The van der Waals surface area contributed by atoms with Gasteiger partial charge in [-0.1, -0.05) is 23.7 Å². The molecule has 1 aromatic carbocycles. The number of nitrogens with one attached hydrogen (secondary N) is 2. The molecule has 0 saturated heterocycles. The summed E-state index contributed by atoms with van der Waals surface area (Å²) in [4.78, 5) is 19.3. The Hall–Kier alpha value is -2.14. The number of aromatic nitrogens is 2. The molecule has 0 radical (unpaired) electrons. The molecule has 0 bridgehead atoms. The van der Waals surface area contributed by atoms with Crippen LogP contribution in [0.15, 0.2) is 42.7 Å². The number of urea groups is 1. The van der Waals surface area contributed by atoms with E-state index < -0.39 is 6.03 Å². The summed E-state index contributed by atoms with van der Waals surface area (Å²) in [5.74, 6) is 0.233. The Morgan fingerprint density at radius 1 is 1.06 bits per heavy atom.